The van der Waals surface area contributed by atoms with Crippen LogP contribution in [0.25, 0.3) is 110 Å². The Labute approximate surface area is 432 Å². The summed E-state index contributed by atoms with van der Waals surface area (Å²) in [6.07, 6.45) is 0. The van der Waals surface area contributed by atoms with Gasteiger partial charge in [-0.05, 0) is 69.7 Å². The van der Waals surface area contributed by atoms with Crippen LogP contribution in [0.15, 0.2) is 150 Å². The van der Waals surface area contributed by atoms with Crippen molar-refractivity contribution in [2.45, 2.75) is 105 Å². The molecule has 12 aromatic rings. The summed E-state index contributed by atoms with van der Waals surface area (Å²) < 4.78 is 27.4. The van der Waals surface area contributed by atoms with E-state index in [1.54, 1.807) is 12.1 Å². The Bertz CT molecular complexity index is 4340. The Hall–Kier alpha value is -7.22. The maximum atomic E-state index is 13.4. The summed E-state index contributed by atoms with van der Waals surface area (Å²) >= 11 is 3.86. The van der Waals surface area contributed by atoms with Crippen LogP contribution in [0.5, 0.6) is 0 Å². The maximum absolute atomic E-state index is 13.4. The zero-order valence-electron chi connectivity index (χ0n) is 43.5. The number of ketones is 2. The number of fused-ring (bicyclic) bond motifs is 17. The quantitative estimate of drug-likeness (QED) is 0.152. The molecule has 364 valence electrons. The normalized spacial score (nSPS) is 13.6. The number of rotatable bonds is 1. The fraction of sp³-hybridized carbons (Fsp3) is 0.242. The number of furan rings is 4. The third kappa shape index (κ3) is 7.09. The lowest BCUT2D eigenvalue weighted by atomic mass is 9.80. The van der Waals surface area contributed by atoms with E-state index in [1.807, 2.05) is 24.3 Å². The predicted octanol–water partition coefficient (Wildman–Crippen LogP) is 19.6. The van der Waals surface area contributed by atoms with E-state index >= 15 is 0 Å². The SMILES string of the molecule is CC(C)(C)c1cccc2c1oc1c(-c3cccc4oc5c(C(C)(C)C)cccc5c34)c(Br)ccc12.CC(C)(C)c1cccc2c1oc1c3c(ccc12)C(=O)C(=O)c1ccc2oc4c(C(C)(C)C)cccc4c2c1-3. The number of benzene rings is 8. The molecule has 1 aliphatic carbocycles. The summed E-state index contributed by atoms with van der Waals surface area (Å²) in [5.74, 6) is -1.00. The van der Waals surface area contributed by atoms with E-state index in [2.05, 4.69) is 190 Å². The highest BCUT2D eigenvalue weighted by Crippen LogP contribution is 2.51. The summed E-state index contributed by atoms with van der Waals surface area (Å²) in [5.41, 5.74) is 15.3. The third-order valence-corrected chi connectivity index (χ3v) is 15.6. The molecule has 0 aliphatic heterocycles. The fourth-order valence-electron chi connectivity index (χ4n) is 11.4. The third-order valence-electron chi connectivity index (χ3n) is 14.9. The molecule has 1 aliphatic rings. The van der Waals surface area contributed by atoms with Gasteiger partial charge in [-0.1, -0.05) is 184 Å². The zero-order chi connectivity index (χ0) is 51.4. The lowest BCUT2D eigenvalue weighted by molar-refractivity contribution is 0.0815. The number of carbonyl (C=O) groups excluding carboxylic acids is 2. The standard InChI is InChI=1S/C34H28O4.C32H29BrO2/c1-33(2,3)22-11-7-9-17-18-13-14-20-27(32(18)38-30(17)22)26-19(28(35)29(20)36)15-16-24-25(26)21-10-8-12-23(31(21)37-24)34(4,5)6;1-31(2,3)22-13-7-10-18-19-16-17-24(33)27(30(19)35-28(18)22)20-11-9-15-25-26(20)21-12-8-14-23(29(21)34-25)32(4,5)6/h7-16H,1-6H3;7-17H,1-6H3. The molecule has 0 N–H and O–H groups in total. The molecule has 7 heteroatoms. The van der Waals surface area contributed by atoms with Gasteiger partial charge in [0, 0.05) is 97.6 Å². The number of carbonyl (C=O) groups is 2. The van der Waals surface area contributed by atoms with Crippen LogP contribution in [0.3, 0.4) is 0 Å². The minimum absolute atomic E-state index is 0.0176. The average Bonchev–Trinajstić information content (AvgIpc) is 4.11. The van der Waals surface area contributed by atoms with Crippen molar-refractivity contribution in [3.05, 3.63) is 165 Å². The van der Waals surface area contributed by atoms with Crippen LogP contribution in [0.4, 0.5) is 0 Å². The summed E-state index contributed by atoms with van der Waals surface area (Å²) in [6.45, 7) is 26.4. The fourth-order valence-corrected chi connectivity index (χ4v) is 11.9. The van der Waals surface area contributed by atoms with Gasteiger partial charge >= 0.3 is 0 Å². The van der Waals surface area contributed by atoms with E-state index < -0.39 is 11.6 Å². The van der Waals surface area contributed by atoms with E-state index in [1.165, 1.54) is 11.1 Å². The molecule has 8 aromatic carbocycles. The van der Waals surface area contributed by atoms with Crippen molar-refractivity contribution in [3.8, 4) is 22.3 Å². The molecule has 0 spiro atoms. The number of Topliss-reactive ketones (excluding diaryl/α,β-unsaturated/α-hetero) is 2. The van der Waals surface area contributed by atoms with Gasteiger partial charge in [-0.25, -0.2) is 0 Å². The van der Waals surface area contributed by atoms with Crippen LogP contribution in [0, 0.1) is 0 Å². The highest BCUT2D eigenvalue weighted by atomic mass is 79.9. The summed E-state index contributed by atoms with van der Waals surface area (Å²) in [4.78, 5) is 26.8. The molecule has 0 fully saturated rings. The Morgan fingerprint density at radius 2 is 0.685 bits per heavy atom. The Morgan fingerprint density at radius 3 is 1.18 bits per heavy atom. The Morgan fingerprint density at radius 1 is 0.315 bits per heavy atom. The van der Waals surface area contributed by atoms with Crippen molar-refractivity contribution in [3.63, 3.8) is 0 Å². The summed E-state index contributed by atoms with van der Waals surface area (Å²) in [7, 11) is 0. The van der Waals surface area contributed by atoms with Crippen molar-refractivity contribution in [1.82, 2.24) is 0 Å². The first kappa shape index (κ1) is 46.8. The smallest absolute Gasteiger partial charge is 0.234 e. The second kappa shape index (κ2) is 15.9. The van der Waals surface area contributed by atoms with E-state index in [9.17, 15) is 9.59 Å². The first-order valence-electron chi connectivity index (χ1n) is 25.2. The van der Waals surface area contributed by atoms with Crippen molar-refractivity contribution in [2.75, 3.05) is 0 Å². The highest BCUT2D eigenvalue weighted by molar-refractivity contribution is 9.10. The van der Waals surface area contributed by atoms with Crippen LogP contribution in [0.2, 0.25) is 0 Å². The van der Waals surface area contributed by atoms with Crippen molar-refractivity contribution in [2.24, 2.45) is 0 Å². The van der Waals surface area contributed by atoms with Crippen LogP contribution in [-0.4, -0.2) is 11.6 Å². The number of hydrogen-bond acceptors (Lipinski definition) is 6. The Kier molecular flexibility index (Phi) is 10.2. The molecule has 0 bridgehead atoms. The predicted molar refractivity (Wildman–Crippen MR) is 304 cm³/mol. The first-order valence-corrected chi connectivity index (χ1v) is 26.0. The summed E-state index contributed by atoms with van der Waals surface area (Å²) in [5, 5.41) is 8.25. The first-order chi connectivity index (χ1) is 34.5. The summed E-state index contributed by atoms with van der Waals surface area (Å²) in [6, 6.07) is 43.2. The zero-order valence-corrected chi connectivity index (χ0v) is 45.0. The molecule has 0 atom stereocenters. The number of halogens is 1. The average molecular weight is 1030 g/mol. The van der Waals surface area contributed by atoms with Crippen molar-refractivity contribution >= 4 is 115 Å². The van der Waals surface area contributed by atoms with Crippen molar-refractivity contribution < 1.29 is 27.3 Å². The van der Waals surface area contributed by atoms with E-state index in [-0.39, 0.29) is 21.7 Å². The molecule has 4 aromatic heterocycles. The van der Waals surface area contributed by atoms with Crippen molar-refractivity contribution in [1.29, 1.82) is 0 Å². The molecule has 0 saturated heterocycles. The maximum Gasteiger partial charge on any atom is 0.234 e. The highest BCUT2D eigenvalue weighted by Gasteiger charge is 2.37. The molecule has 4 heterocycles. The van der Waals surface area contributed by atoms with E-state index in [4.69, 9.17) is 17.7 Å². The van der Waals surface area contributed by atoms with Gasteiger partial charge in [0.25, 0.3) is 0 Å². The molecular formula is C66H57BrO6. The van der Waals surface area contributed by atoms with Gasteiger partial charge < -0.3 is 17.7 Å². The molecule has 73 heavy (non-hydrogen) atoms. The monoisotopic (exact) mass is 1020 g/mol. The van der Waals surface area contributed by atoms with E-state index in [0.717, 1.165) is 103 Å². The Balaban J connectivity index is 0.000000149. The molecule has 13 rings (SSSR count). The van der Waals surface area contributed by atoms with Gasteiger partial charge in [0.1, 0.15) is 44.7 Å². The van der Waals surface area contributed by atoms with Gasteiger partial charge in [0.15, 0.2) is 0 Å². The minimum Gasteiger partial charge on any atom is -0.456 e. The van der Waals surface area contributed by atoms with Gasteiger partial charge in [-0.3, -0.25) is 9.59 Å². The van der Waals surface area contributed by atoms with Gasteiger partial charge in [0.2, 0.25) is 11.6 Å². The molecule has 0 saturated carbocycles. The van der Waals surface area contributed by atoms with Gasteiger partial charge in [-0.2, -0.15) is 0 Å². The van der Waals surface area contributed by atoms with Gasteiger partial charge in [0.05, 0.1) is 0 Å². The minimum atomic E-state index is -0.506. The van der Waals surface area contributed by atoms with Crippen LogP contribution >= 0.6 is 15.9 Å². The second-order valence-corrected chi connectivity index (χ2v) is 24.9. The number of hydrogen-bond donors (Lipinski definition) is 0. The lowest BCUT2D eigenvalue weighted by Crippen LogP contribution is -2.21. The molecule has 6 nitrogen and oxygen atoms in total. The topological polar surface area (TPSA) is 86.7 Å². The van der Waals surface area contributed by atoms with Crippen LogP contribution < -0.4 is 0 Å². The lowest BCUT2D eigenvalue weighted by Gasteiger charge is -2.20. The number of para-hydroxylation sites is 4. The molecular weight excluding hydrogens is 969 g/mol. The molecule has 0 amide bonds. The largest absolute Gasteiger partial charge is 0.456 e. The van der Waals surface area contributed by atoms with E-state index in [0.29, 0.717) is 33.4 Å². The van der Waals surface area contributed by atoms with Crippen LogP contribution in [-0.2, 0) is 21.7 Å². The molecule has 0 unspecified atom stereocenters. The molecule has 0 radical (unpaired) electrons. The van der Waals surface area contributed by atoms with Crippen LogP contribution in [0.1, 0.15) is 126 Å². The second-order valence-electron chi connectivity index (χ2n) is 24.0. The van der Waals surface area contributed by atoms with Gasteiger partial charge in [-0.15, -0.1) is 0 Å².